The maximum atomic E-state index is 5.62. The fraction of sp³-hybridized carbons (Fsp3) is 0.462. The fourth-order valence-corrected chi connectivity index (χ4v) is 2.39. The molecule has 0 bridgehead atoms. The first-order chi connectivity index (χ1) is 9.35. The molecule has 0 aliphatic rings. The van der Waals surface area contributed by atoms with Gasteiger partial charge in [0.1, 0.15) is 5.75 Å². The van der Waals surface area contributed by atoms with E-state index in [1.807, 2.05) is 12.3 Å². The Kier molecular flexibility index (Phi) is 5.23. The normalized spacial score (nSPS) is 12.3. The fourth-order valence-electron chi connectivity index (χ4n) is 1.78. The summed E-state index contributed by atoms with van der Waals surface area (Å²) in [5, 5.41) is 7.32. The van der Waals surface area contributed by atoms with Gasteiger partial charge in [0.15, 0.2) is 0 Å². The van der Waals surface area contributed by atoms with Gasteiger partial charge in [-0.25, -0.2) is 0 Å². The molecule has 0 saturated carbocycles. The van der Waals surface area contributed by atoms with Crippen LogP contribution in [0.4, 0.5) is 0 Å². The molecule has 0 amide bonds. The topological polar surface area (TPSA) is 59.9 Å². The molecule has 0 saturated heterocycles. The van der Waals surface area contributed by atoms with Crippen LogP contribution in [0.25, 0.3) is 0 Å². The maximum Gasteiger partial charge on any atom is 0.137 e. The van der Waals surface area contributed by atoms with Gasteiger partial charge in [-0.15, -0.1) is 5.10 Å². The van der Waals surface area contributed by atoms with E-state index in [0.29, 0.717) is 6.61 Å². The van der Waals surface area contributed by atoms with Crippen LogP contribution in [-0.4, -0.2) is 27.7 Å². The molecule has 2 rings (SSSR count). The van der Waals surface area contributed by atoms with Crippen LogP contribution in [0.2, 0.25) is 0 Å². The molecule has 2 aromatic heterocycles. The van der Waals surface area contributed by atoms with Crippen molar-refractivity contribution in [2.24, 2.45) is 0 Å². The molecule has 2 aromatic rings. The molecule has 1 N–H and O–H groups in total. The number of pyridine rings is 1. The van der Waals surface area contributed by atoms with Crippen molar-refractivity contribution >= 4 is 11.5 Å². The van der Waals surface area contributed by atoms with Crippen LogP contribution >= 0.6 is 11.5 Å². The van der Waals surface area contributed by atoms with Gasteiger partial charge in [-0.2, -0.15) is 0 Å². The van der Waals surface area contributed by atoms with Crippen LogP contribution in [0.3, 0.4) is 0 Å². The molecule has 0 aromatic carbocycles. The Bertz CT molecular complexity index is 489. The average Bonchev–Trinajstić information content (AvgIpc) is 2.96. The van der Waals surface area contributed by atoms with Crippen LogP contribution in [0, 0.1) is 0 Å². The summed E-state index contributed by atoms with van der Waals surface area (Å²) < 4.78 is 9.55. The number of nitrogens with zero attached hydrogens (tertiary/aromatic N) is 3. The van der Waals surface area contributed by atoms with Gasteiger partial charge in [0, 0.05) is 6.20 Å². The van der Waals surface area contributed by atoms with E-state index in [9.17, 15) is 0 Å². The summed E-state index contributed by atoms with van der Waals surface area (Å²) >= 11 is 1.40. The van der Waals surface area contributed by atoms with E-state index >= 15 is 0 Å². The Hall–Kier alpha value is -1.53. The lowest BCUT2D eigenvalue weighted by molar-refractivity contribution is 0.315. The second-order valence-electron chi connectivity index (χ2n) is 4.11. The summed E-state index contributed by atoms with van der Waals surface area (Å²) in [5.74, 6) is 0.805. The molecule has 1 unspecified atom stereocenters. The smallest absolute Gasteiger partial charge is 0.137 e. The third kappa shape index (κ3) is 3.71. The van der Waals surface area contributed by atoms with Gasteiger partial charge in [0.25, 0.3) is 0 Å². The van der Waals surface area contributed by atoms with Gasteiger partial charge in [-0.05, 0) is 36.1 Å². The Morgan fingerprint density at radius 1 is 1.32 bits per heavy atom. The van der Waals surface area contributed by atoms with Gasteiger partial charge in [0.05, 0.1) is 29.9 Å². The third-order valence-corrected chi connectivity index (χ3v) is 3.34. The Morgan fingerprint density at radius 2 is 2.21 bits per heavy atom. The van der Waals surface area contributed by atoms with E-state index in [1.54, 1.807) is 12.4 Å². The molecule has 19 heavy (non-hydrogen) atoms. The van der Waals surface area contributed by atoms with Gasteiger partial charge in [-0.1, -0.05) is 18.3 Å². The van der Waals surface area contributed by atoms with Gasteiger partial charge < -0.3 is 10.1 Å². The van der Waals surface area contributed by atoms with E-state index in [-0.39, 0.29) is 6.04 Å². The highest BCUT2D eigenvalue weighted by molar-refractivity contribution is 7.05. The predicted molar refractivity (Wildman–Crippen MR) is 75.5 cm³/mol. The zero-order valence-electron chi connectivity index (χ0n) is 11.2. The molecule has 0 aliphatic heterocycles. The summed E-state index contributed by atoms with van der Waals surface area (Å²) in [6.07, 6.45) is 6.37. The minimum atomic E-state index is 0.0719. The summed E-state index contributed by atoms with van der Waals surface area (Å²) in [6.45, 7) is 5.73. The first-order valence-corrected chi connectivity index (χ1v) is 7.20. The number of hydrogen-bond acceptors (Lipinski definition) is 6. The molecule has 5 nitrogen and oxygen atoms in total. The van der Waals surface area contributed by atoms with E-state index in [1.165, 1.54) is 11.5 Å². The van der Waals surface area contributed by atoms with Crippen molar-refractivity contribution < 1.29 is 4.74 Å². The molecule has 0 spiro atoms. The van der Waals surface area contributed by atoms with Crippen LogP contribution in [0.1, 0.15) is 36.8 Å². The number of hydrogen-bond donors (Lipinski definition) is 1. The molecule has 1 atom stereocenters. The first-order valence-electron chi connectivity index (χ1n) is 6.43. The van der Waals surface area contributed by atoms with Crippen LogP contribution < -0.4 is 10.1 Å². The van der Waals surface area contributed by atoms with Crippen LogP contribution in [0.5, 0.6) is 5.75 Å². The molecule has 0 radical (unpaired) electrons. The summed E-state index contributed by atoms with van der Waals surface area (Å²) in [6, 6.07) is 2.10. The molecular formula is C13H18N4OS. The van der Waals surface area contributed by atoms with Gasteiger partial charge in [0.2, 0.25) is 0 Å². The SMILES string of the molecule is CCCOc1cncc(C(NCC)c2cnns2)c1. The number of aromatic nitrogens is 3. The van der Waals surface area contributed by atoms with Crippen molar-refractivity contribution in [3.05, 3.63) is 35.1 Å². The Morgan fingerprint density at radius 3 is 2.89 bits per heavy atom. The highest BCUT2D eigenvalue weighted by Gasteiger charge is 2.16. The molecule has 102 valence electrons. The van der Waals surface area contributed by atoms with Crippen molar-refractivity contribution in [1.29, 1.82) is 0 Å². The lowest BCUT2D eigenvalue weighted by Gasteiger charge is -2.16. The van der Waals surface area contributed by atoms with Gasteiger partial charge >= 0.3 is 0 Å². The standard InChI is InChI=1S/C13H18N4OS/c1-3-5-18-11-6-10(7-14-8-11)13(15-4-2)12-9-16-17-19-12/h6-9,13,15H,3-5H2,1-2H3. The monoisotopic (exact) mass is 278 g/mol. The zero-order chi connectivity index (χ0) is 13.5. The minimum absolute atomic E-state index is 0.0719. The molecule has 2 heterocycles. The summed E-state index contributed by atoms with van der Waals surface area (Å²) in [7, 11) is 0. The zero-order valence-corrected chi connectivity index (χ0v) is 12.0. The van der Waals surface area contributed by atoms with E-state index in [2.05, 4.69) is 33.7 Å². The quantitative estimate of drug-likeness (QED) is 0.843. The lowest BCUT2D eigenvalue weighted by atomic mass is 10.1. The summed E-state index contributed by atoms with van der Waals surface area (Å²) in [5.41, 5.74) is 1.07. The number of nitrogens with one attached hydrogen (secondary N) is 1. The third-order valence-electron chi connectivity index (χ3n) is 2.61. The van der Waals surface area contributed by atoms with Crippen molar-refractivity contribution in [3.8, 4) is 5.75 Å². The van der Waals surface area contributed by atoms with Crippen LogP contribution in [0.15, 0.2) is 24.7 Å². The summed E-state index contributed by atoms with van der Waals surface area (Å²) in [4.78, 5) is 5.33. The van der Waals surface area contributed by atoms with Crippen molar-refractivity contribution in [2.45, 2.75) is 26.3 Å². The largest absolute Gasteiger partial charge is 0.492 e. The van der Waals surface area contributed by atoms with E-state index < -0.39 is 0 Å². The molecule has 0 fully saturated rings. The Balaban J connectivity index is 2.21. The minimum Gasteiger partial charge on any atom is -0.492 e. The average molecular weight is 278 g/mol. The number of rotatable bonds is 7. The second-order valence-corrected chi connectivity index (χ2v) is 4.93. The highest BCUT2D eigenvalue weighted by Crippen LogP contribution is 2.25. The van der Waals surface area contributed by atoms with Crippen molar-refractivity contribution in [3.63, 3.8) is 0 Å². The van der Waals surface area contributed by atoms with Gasteiger partial charge in [-0.3, -0.25) is 4.98 Å². The molecular weight excluding hydrogens is 260 g/mol. The first kappa shape index (κ1) is 13.9. The van der Waals surface area contributed by atoms with E-state index in [0.717, 1.165) is 29.2 Å². The van der Waals surface area contributed by atoms with Crippen LogP contribution in [-0.2, 0) is 0 Å². The Labute approximate surface area is 117 Å². The lowest BCUT2D eigenvalue weighted by Crippen LogP contribution is -2.21. The molecule has 6 heteroatoms. The van der Waals surface area contributed by atoms with E-state index in [4.69, 9.17) is 4.74 Å². The maximum absolute atomic E-state index is 5.62. The predicted octanol–water partition coefficient (Wildman–Crippen LogP) is 2.42. The van der Waals surface area contributed by atoms with Crippen molar-refractivity contribution in [2.75, 3.05) is 13.2 Å². The van der Waals surface area contributed by atoms with Crippen molar-refractivity contribution in [1.82, 2.24) is 19.9 Å². The number of ether oxygens (including phenoxy) is 1. The highest BCUT2D eigenvalue weighted by atomic mass is 32.1. The second kappa shape index (κ2) is 7.16. The molecule has 0 aliphatic carbocycles.